The third kappa shape index (κ3) is 11.3. The third-order valence-corrected chi connectivity index (χ3v) is 9.36. The van der Waals surface area contributed by atoms with Crippen molar-refractivity contribution in [2.75, 3.05) is 0 Å². The molecule has 0 aromatic heterocycles. The van der Waals surface area contributed by atoms with E-state index in [1.54, 1.807) is 0 Å². The summed E-state index contributed by atoms with van der Waals surface area (Å²) in [5.41, 5.74) is 14.9. The second-order valence-electron chi connectivity index (χ2n) is 16.7. The molecule has 0 radical (unpaired) electrons. The average Bonchev–Trinajstić information content (AvgIpc) is 3.45. The molecule has 3 heteroatoms. The van der Waals surface area contributed by atoms with E-state index in [0.29, 0.717) is 11.3 Å². The molecular weight excluding hydrogens is 679 g/mol. The molecule has 0 saturated carbocycles. The van der Waals surface area contributed by atoms with Crippen LogP contribution in [0.2, 0.25) is 0 Å². The number of hydrogen-bond donors (Lipinski definition) is 0. The van der Waals surface area contributed by atoms with Crippen LogP contribution in [0.5, 0.6) is 0 Å². The fraction of sp³-hybridized carbons (Fsp3) is 0.465. The quantitative estimate of drug-likeness (QED) is 0.221. The molecule has 0 heterocycles. The zero-order chi connectivity index (χ0) is 33.3. The number of benzene rings is 3. The van der Waals surface area contributed by atoms with E-state index in [4.69, 9.17) is 0 Å². The molecule has 0 fully saturated rings. The van der Waals surface area contributed by atoms with Crippen LogP contribution in [0.4, 0.5) is 0 Å². The Hall–Kier alpha value is -1.53. The van der Waals surface area contributed by atoms with Gasteiger partial charge in [0.25, 0.3) is 0 Å². The molecule has 248 valence electrons. The topological polar surface area (TPSA) is 0 Å². The fourth-order valence-corrected chi connectivity index (χ4v) is 6.19. The van der Waals surface area contributed by atoms with Crippen LogP contribution in [0.15, 0.2) is 71.8 Å². The predicted molar refractivity (Wildman–Crippen MR) is 190 cm³/mol. The van der Waals surface area contributed by atoms with Crippen LogP contribution in [0.1, 0.15) is 130 Å². The largest absolute Gasteiger partial charge is 1.00 e. The predicted octanol–water partition coefficient (Wildman–Crippen LogP) is 5.70. The second kappa shape index (κ2) is 16.2. The van der Waals surface area contributed by atoms with Gasteiger partial charge in [-0.05, 0) is 17.4 Å². The first-order valence-electron chi connectivity index (χ1n) is 16.2. The second-order valence-corrected chi connectivity index (χ2v) is 17.4. The summed E-state index contributed by atoms with van der Waals surface area (Å²) in [7, 11) is 0. The average molecular weight is 735 g/mol. The van der Waals surface area contributed by atoms with Gasteiger partial charge in [0.15, 0.2) is 0 Å². The molecule has 0 saturated heterocycles. The van der Waals surface area contributed by atoms with Crippen molar-refractivity contribution in [1.29, 1.82) is 0 Å². The molecule has 1 atom stereocenters. The van der Waals surface area contributed by atoms with Crippen molar-refractivity contribution in [1.82, 2.24) is 0 Å². The zero-order valence-electron chi connectivity index (χ0n) is 30.9. The number of hydrogen-bond acceptors (Lipinski definition) is 0. The van der Waals surface area contributed by atoms with Gasteiger partial charge in [-0.25, -0.2) is 5.57 Å². The minimum absolute atomic E-state index is 0. The van der Waals surface area contributed by atoms with E-state index in [9.17, 15) is 0 Å². The van der Waals surface area contributed by atoms with Gasteiger partial charge in [0, 0.05) is 0 Å². The summed E-state index contributed by atoms with van der Waals surface area (Å²) in [6.07, 6.45) is 6.74. The van der Waals surface area contributed by atoms with Gasteiger partial charge < -0.3 is 24.8 Å². The molecule has 0 spiro atoms. The minimum Gasteiger partial charge on any atom is -1.00 e. The van der Waals surface area contributed by atoms with Crippen molar-refractivity contribution < 1.29 is 49.0 Å². The first-order valence-corrected chi connectivity index (χ1v) is 17.7. The molecule has 3 aromatic carbocycles. The molecular formula is C43H56Cl2Zr-2. The normalized spacial score (nSPS) is 15.3. The fourth-order valence-electron chi connectivity index (χ4n) is 5.71. The Morgan fingerprint density at radius 3 is 1.59 bits per heavy atom. The Labute approximate surface area is 310 Å². The van der Waals surface area contributed by atoms with Gasteiger partial charge in [0.05, 0.1) is 0 Å². The van der Waals surface area contributed by atoms with E-state index in [1.165, 1.54) is 79.9 Å². The smallest absolute Gasteiger partial charge is 0.0716 e. The van der Waals surface area contributed by atoms with Gasteiger partial charge >= 0.3 is 89.5 Å². The van der Waals surface area contributed by atoms with Crippen molar-refractivity contribution >= 4 is 3.71 Å². The van der Waals surface area contributed by atoms with Crippen molar-refractivity contribution in [3.63, 3.8) is 0 Å². The zero-order valence-corrected chi connectivity index (χ0v) is 34.9. The van der Waals surface area contributed by atoms with Crippen LogP contribution < -0.4 is 24.8 Å². The maximum Gasteiger partial charge on any atom is -0.0716 e. The van der Waals surface area contributed by atoms with Crippen molar-refractivity contribution in [2.24, 2.45) is 11.3 Å². The molecule has 2 aliphatic carbocycles. The molecule has 0 N–H and O–H groups in total. The molecule has 0 amide bonds. The molecule has 1 unspecified atom stereocenters. The Bertz CT molecular complexity index is 1460. The van der Waals surface area contributed by atoms with Crippen LogP contribution in [0, 0.1) is 23.5 Å². The first kappa shape index (κ1) is 42.5. The SMILES string of the molecule is CC(C)(C)c1c[c-]c2c(c1)-c1cc(C(C)(C)C)ccc1C2.CC(C)(C)c1ccc([CH]=[Zr+2])cc1.CC1=[C-]C(C)C=C1C(C)(C)C.[Cl-].[Cl-]. The van der Waals surface area contributed by atoms with E-state index >= 15 is 0 Å². The van der Waals surface area contributed by atoms with Gasteiger partial charge in [-0.1, -0.05) is 122 Å². The number of rotatable bonds is 1. The van der Waals surface area contributed by atoms with Crippen molar-refractivity contribution in [3.05, 3.63) is 117 Å². The van der Waals surface area contributed by atoms with Crippen LogP contribution >= 0.6 is 0 Å². The molecule has 3 aromatic rings. The molecule has 0 aliphatic heterocycles. The maximum absolute atomic E-state index is 3.53. The van der Waals surface area contributed by atoms with Crippen LogP contribution in [0.25, 0.3) is 11.1 Å². The maximum atomic E-state index is 3.53. The van der Waals surface area contributed by atoms with Crippen LogP contribution in [-0.2, 0) is 46.9 Å². The summed E-state index contributed by atoms with van der Waals surface area (Å²) in [5.74, 6) is 0.518. The first-order chi connectivity index (χ1) is 20.1. The van der Waals surface area contributed by atoms with E-state index in [1.807, 2.05) is 0 Å². The van der Waals surface area contributed by atoms with Gasteiger partial charge in [-0.15, -0.1) is 5.56 Å². The summed E-state index contributed by atoms with van der Waals surface area (Å²) >= 11 is 1.46. The van der Waals surface area contributed by atoms with E-state index in [2.05, 4.69) is 173 Å². The van der Waals surface area contributed by atoms with Gasteiger partial charge in [-0.3, -0.25) is 6.08 Å². The summed E-state index contributed by atoms with van der Waals surface area (Å²) < 4.78 is 2.21. The number of allylic oxidation sites excluding steroid dienone is 4. The Morgan fingerprint density at radius 2 is 1.17 bits per heavy atom. The van der Waals surface area contributed by atoms with Gasteiger partial charge in [0.1, 0.15) is 0 Å². The summed E-state index contributed by atoms with van der Waals surface area (Å²) in [6, 6.07) is 23.9. The van der Waals surface area contributed by atoms with E-state index in [-0.39, 0.29) is 41.1 Å². The van der Waals surface area contributed by atoms with Crippen LogP contribution in [0.3, 0.4) is 0 Å². The van der Waals surface area contributed by atoms with Crippen LogP contribution in [-0.4, -0.2) is 3.71 Å². The van der Waals surface area contributed by atoms with E-state index < -0.39 is 0 Å². The number of fused-ring (bicyclic) bond motifs is 3. The summed E-state index contributed by atoms with van der Waals surface area (Å²) in [5, 5.41) is 0. The third-order valence-electron chi connectivity index (χ3n) is 8.54. The molecule has 2 aliphatic rings. The Morgan fingerprint density at radius 1 is 0.674 bits per heavy atom. The molecule has 46 heavy (non-hydrogen) atoms. The summed E-state index contributed by atoms with van der Waals surface area (Å²) in [6.45, 7) is 31.5. The van der Waals surface area contributed by atoms with Gasteiger partial charge in [0.2, 0.25) is 0 Å². The van der Waals surface area contributed by atoms with Crippen molar-refractivity contribution in [3.8, 4) is 11.1 Å². The van der Waals surface area contributed by atoms with Crippen molar-refractivity contribution in [2.45, 2.75) is 120 Å². The Balaban J connectivity index is 0.000000365. The van der Waals surface area contributed by atoms with E-state index in [0.717, 1.165) is 6.42 Å². The summed E-state index contributed by atoms with van der Waals surface area (Å²) in [4.78, 5) is 0. The molecule has 0 nitrogen and oxygen atoms in total. The number of halogens is 2. The molecule has 5 rings (SSSR count). The Kier molecular flexibility index (Phi) is 15.0. The molecule has 0 bridgehead atoms. The van der Waals surface area contributed by atoms with Gasteiger partial charge in [-0.2, -0.15) is 41.0 Å². The monoisotopic (exact) mass is 732 g/mol. The minimum atomic E-state index is 0. The standard InChI is InChI=1S/C21H25.C11H17.C11H14.2ClH.Zr/c1-20(2,3)16-9-7-14-11-15-8-10-17(21(4,5)6)13-19(15)18(14)12-16;1-8-6-9(2)10(7-8)11(3,4)5;1-9-5-7-10(8-6-9)11(2,3)4;;;/h7,9-10,12-13H,11H2,1-6H3;7-8H,1-5H3;1,5-8H,2-4H3;2*1H;/q2*-1;;;;+2/p-2.